The summed E-state index contributed by atoms with van der Waals surface area (Å²) < 4.78 is 68.9. The van der Waals surface area contributed by atoms with Crippen LogP contribution in [-0.2, 0) is 47.5 Å². The van der Waals surface area contributed by atoms with Gasteiger partial charge in [-0.3, -0.25) is 14.3 Å². The second kappa shape index (κ2) is 20.5. The van der Waals surface area contributed by atoms with Crippen LogP contribution in [0.3, 0.4) is 0 Å². The summed E-state index contributed by atoms with van der Waals surface area (Å²) in [6.45, 7) is 0.842. The Hall–Kier alpha value is -6.74. The quantitative estimate of drug-likeness (QED) is 0.0546. The molecule has 1 unspecified atom stereocenters. The van der Waals surface area contributed by atoms with E-state index >= 15 is 0 Å². The minimum Gasteiger partial charge on any atom is -0.468 e. The monoisotopic (exact) mass is 869 g/mol. The number of carbonyl (C=O) groups excluding carboxylic acids is 3. The van der Waals surface area contributed by atoms with Crippen molar-refractivity contribution in [3.05, 3.63) is 133 Å². The Labute approximate surface area is 352 Å². The number of fused-ring (bicyclic) bond motifs is 1. The summed E-state index contributed by atoms with van der Waals surface area (Å²) in [6, 6.07) is 26.1. The number of carbonyl (C=O) groups is 3. The first-order chi connectivity index (χ1) is 29.4. The van der Waals surface area contributed by atoms with Crippen LogP contribution in [0.25, 0.3) is 22.0 Å². The van der Waals surface area contributed by atoms with Gasteiger partial charge in [-0.1, -0.05) is 54.6 Å². The number of aromatic nitrogens is 4. The fraction of sp³-hybridized carbons (Fsp3) is 0.220. The number of esters is 1. The summed E-state index contributed by atoms with van der Waals surface area (Å²) in [5, 5.41) is 13.4. The molecule has 0 saturated carbocycles. The lowest BCUT2D eigenvalue weighted by molar-refractivity contribution is -0.142. The molecule has 2 heterocycles. The molecule has 0 radical (unpaired) electrons. The van der Waals surface area contributed by atoms with Gasteiger partial charge >= 0.3 is 12.1 Å². The number of methoxy groups -OCH3 is 1. The molecular weight excluding hydrogens is 827 g/mol. The van der Waals surface area contributed by atoms with Gasteiger partial charge in [0.25, 0.3) is 5.91 Å². The van der Waals surface area contributed by atoms with Crippen LogP contribution in [0.2, 0.25) is 0 Å². The number of aryl methyl sites for hydroxylation is 1. The summed E-state index contributed by atoms with van der Waals surface area (Å²) in [4.78, 5) is 45.8. The van der Waals surface area contributed by atoms with Crippen LogP contribution in [-0.4, -0.2) is 93.9 Å². The van der Waals surface area contributed by atoms with Crippen molar-refractivity contribution in [1.82, 2.24) is 39.8 Å². The predicted molar refractivity (Wildman–Crippen MR) is 225 cm³/mol. The summed E-state index contributed by atoms with van der Waals surface area (Å²) in [7, 11) is -7.08. The average Bonchev–Trinajstić information content (AvgIpc) is 3.69. The zero-order valence-corrected chi connectivity index (χ0v) is 34.5. The topological polar surface area (TPSA) is 242 Å². The lowest BCUT2D eigenvalue weighted by Crippen LogP contribution is -2.48. The Bertz CT molecular complexity index is 2650. The van der Waals surface area contributed by atoms with E-state index in [1.165, 1.54) is 36.4 Å². The highest BCUT2D eigenvalue weighted by Gasteiger charge is 2.27. The van der Waals surface area contributed by atoms with Crippen LogP contribution >= 0.6 is 0 Å². The smallest absolute Gasteiger partial charge is 0.407 e. The fourth-order valence-corrected chi connectivity index (χ4v) is 8.17. The van der Waals surface area contributed by atoms with Gasteiger partial charge in [-0.05, 0) is 71.6 Å². The Morgan fingerprint density at radius 1 is 0.754 bits per heavy atom. The fourth-order valence-electron chi connectivity index (χ4n) is 5.95. The van der Waals surface area contributed by atoms with Gasteiger partial charge in [0.15, 0.2) is 0 Å². The maximum absolute atomic E-state index is 13.4. The van der Waals surface area contributed by atoms with Crippen molar-refractivity contribution in [2.75, 3.05) is 38.6 Å². The number of sulfonamides is 2. The van der Waals surface area contributed by atoms with Gasteiger partial charge in [0.2, 0.25) is 26.0 Å². The van der Waals surface area contributed by atoms with Crippen molar-refractivity contribution < 1.29 is 40.7 Å². The van der Waals surface area contributed by atoms with Gasteiger partial charge in [-0.2, -0.15) is 9.82 Å². The molecule has 20 heteroatoms. The molecule has 0 fully saturated rings. The Kier molecular flexibility index (Phi) is 14.7. The maximum atomic E-state index is 13.4. The number of nitrogens with zero attached hydrogens (tertiary/aromatic N) is 4. The molecule has 18 nitrogen and oxygen atoms in total. The number of hydrogen-bond donors (Lipinski definition) is 5. The molecule has 2 aromatic heterocycles. The third kappa shape index (κ3) is 12.2. The third-order valence-electron chi connectivity index (χ3n) is 9.11. The number of alkyl carbamates (subject to hydrolysis) is 1. The molecule has 0 aliphatic heterocycles. The molecule has 2 amide bonds. The summed E-state index contributed by atoms with van der Waals surface area (Å²) in [6.07, 6.45) is 5.02. The number of amides is 2. The second-order valence-corrected chi connectivity index (χ2v) is 16.8. The summed E-state index contributed by atoms with van der Waals surface area (Å²) in [5.41, 5.74) is 3.11. The minimum absolute atomic E-state index is 0.00150. The molecule has 6 aromatic rings. The number of rotatable bonds is 20. The maximum Gasteiger partial charge on any atom is 0.407 e. The first-order valence-corrected chi connectivity index (χ1v) is 21.9. The number of ether oxygens (including phenoxy) is 2. The zero-order chi connectivity index (χ0) is 43.2. The normalized spacial score (nSPS) is 12.0. The zero-order valence-electron chi connectivity index (χ0n) is 32.9. The number of hydrogen-bond acceptors (Lipinski definition) is 13. The van der Waals surface area contributed by atoms with E-state index in [9.17, 15) is 31.2 Å². The molecule has 0 aliphatic rings. The number of anilines is 1. The lowest BCUT2D eigenvalue weighted by atomic mass is 10.1. The van der Waals surface area contributed by atoms with E-state index in [1.807, 2.05) is 35.0 Å². The summed E-state index contributed by atoms with van der Waals surface area (Å²) >= 11 is 0. The molecule has 0 aliphatic carbocycles. The molecule has 0 spiro atoms. The Balaban J connectivity index is 0.983. The van der Waals surface area contributed by atoms with Crippen molar-refractivity contribution in [3.8, 4) is 11.1 Å². The van der Waals surface area contributed by atoms with Crippen LogP contribution in [0.4, 0.5) is 10.7 Å². The van der Waals surface area contributed by atoms with Gasteiger partial charge in [-0.25, -0.2) is 36.3 Å². The molecule has 61 heavy (non-hydrogen) atoms. The molecule has 1 atom stereocenters. The van der Waals surface area contributed by atoms with Crippen LogP contribution < -0.4 is 25.4 Å². The number of nitrogens with one attached hydrogen (secondary N) is 5. The predicted octanol–water partition coefficient (Wildman–Crippen LogP) is 3.45. The van der Waals surface area contributed by atoms with Gasteiger partial charge in [0, 0.05) is 56.1 Å². The van der Waals surface area contributed by atoms with Crippen LogP contribution in [0.5, 0.6) is 0 Å². The molecular formula is C41H43N9O9S2. The molecule has 5 N–H and O–H groups in total. The van der Waals surface area contributed by atoms with Crippen molar-refractivity contribution in [3.63, 3.8) is 0 Å². The lowest BCUT2D eigenvalue weighted by Gasteiger charge is -2.17. The van der Waals surface area contributed by atoms with E-state index in [2.05, 4.69) is 40.5 Å². The Morgan fingerprint density at radius 3 is 2.10 bits per heavy atom. The van der Waals surface area contributed by atoms with E-state index in [-0.39, 0.29) is 35.1 Å². The molecule has 4 aromatic carbocycles. The first kappa shape index (κ1) is 43.8. The van der Waals surface area contributed by atoms with E-state index in [1.54, 1.807) is 55.0 Å². The first-order valence-electron chi connectivity index (χ1n) is 18.9. The standard InChI is InChI=1S/C41H43N9O9S2/c1-58-39(52)36(27-46-38(51)32-13-18-37-33(25-32)26-47-50(37)24-6-21-44-40-42-19-5-20-43-40)49-61(56,57)35-16-11-31(12-17-35)30-9-14-34(15-10-30)60(54,55)48-23-22-45-41(53)59-28-29-7-3-2-4-8-29/h2-5,7-20,25-26,36,48-49H,6,21-24,27-28H2,1H3,(H,45,53)(H,46,51)(H,42,43,44). The summed E-state index contributed by atoms with van der Waals surface area (Å²) in [5.74, 6) is -0.910. The van der Waals surface area contributed by atoms with Gasteiger partial charge in [0.1, 0.15) is 12.6 Å². The van der Waals surface area contributed by atoms with Crippen molar-refractivity contribution in [2.24, 2.45) is 0 Å². The molecule has 318 valence electrons. The Morgan fingerprint density at radius 2 is 1.43 bits per heavy atom. The highest BCUT2D eigenvalue weighted by atomic mass is 32.2. The van der Waals surface area contributed by atoms with E-state index in [0.29, 0.717) is 30.2 Å². The highest BCUT2D eigenvalue weighted by Crippen LogP contribution is 2.23. The average molecular weight is 870 g/mol. The van der Waals surface area contributed by atoms with Gasteiger partial charge < -0.3 is 25.4 Å². The SMILES string of the molecule is COC(=O)C(CNC(=O)c1ccc2c(cnn2CCCNc2ncccn2)c1)NS(=O)(=O)c1ccc(-c2ccc(S(=O)(=O)NCCNC(=O)OCc3ccccc3)cc2)cc1. The van der Waals surface area contributed by atoms with Crippen LogP contribution in [0, 0.1) is 0 Å². The van der Waals surface area contributed by atoms with Gasteiger partial charge in [-0.15, -0.1) is 0 Å². The van der Waals surface area contributed by atoms with Crippen LogP contribution in [0.15, 0.2) is 132 Å². The van der Waals surface area contributed by atoms with Crippen LogP contribution in [0.1, 0.15) is 22.3 Å². The number of benzene rings is 4. The van der Waals surface area contributed by atoms with E-state index in [0.717, 1.165) is 30.0 Å². The highest BCUT2D eigenvalue weighted by molar-refractivity contribution is 7.89. The minimum atomic E-state index is -4.28. The van der Waals surface area contributed by atoms with Crippen molar-refractivity contribution in [2.45, 2.75) is 35.4 Å². The van der Waals surface area contributed by atoms with Crippen molar-refractivity contribution in [1.29, 1.82) is 0 Å². The third-order valence-corrected chi connectivity index (χ3v) is 12.1. The van der Waals surface area contributed by atoms with Crippen molar-refractivity contribution >= 4 is 54.9 Å². The van der Waals surface area contributed by atoms with Gasteiger partial charge in [0.05, 0.1) is 28.6 Å². The van der Waals surface area contributed by atoms with E-state index in [4.69, 9.17) is 9.47 Å². The molecule has 6 rings (SSSR count). The van der Waals surface area contributed by atoms with E-state index < -0.39 is 50.6 Å². The second-order valence-electron chi connectivity index (χ2n) is 13.3. The molecule has 0 bridgehead atoms. The molecule has 0 saturated heterocycles. The largest absolute Gasteiger partial charge is 0.468 e.